The highest BCUT2D eigenvalue weighted by Gasteiger charge is 2.29. The van der Waals surface area contributed by atoms with Crippen molar-refractivity contribution in [2.24, 2.45) is 0 Å². The summed E-state index contributed by atoms with van der Waals surface area (Å²) in [5.41, 5.74) is -0.351. The summed E-state index contributed by atoms with van der Waals surface area (Å²) in [5.74, 6) is -2.84. The molecule has 1 amide bonds. The quantitative estimate of drug-likeness (QED) is 0.197. The van der Waals surface area contributed by atoms with Crippen LogP contribution in [0.1, 0.15) is 19.5 Å². The molecule has 0 aromatic carbocycles. The SMILES string of the molecule is COC(=O)/C(=C(/C)NCC(O)CO)c1nc(NC(C)=O)c([N+](=O)[O-])nc1Cl. The lowest BCUT2D eigenvalue weighted by molar-refractivity contribution is -0.388. The van der Waals surface area contributed by atoms with Crippen molar-refractivity contribution in [1.82, 2.24) is 15.3 Å². The number of aromatic nitrogens is 2. The molecule has 0 aliphatic heterocycles. The molecular formula is C14H18ClN5O7. The maximum Gasteiger partial charge on any atom is 0.408 e. The average molecular weight is 404 g/mol. The normalized spacial score (nSPS) is 12.7. The molecule has 0 aliphatic rings. The number of amides is 1. The van der Waals surface area contributed by atoms with E-state index in [1.807, 2.05) is 0 Å². The molecule has 0 bridgehead atoms. The minimum Gasteiger partial charge on any atom is -0.465 e. The highest BCUT2D eigenvalue weighted by molar-refractivity contribution is 6.33. The number of aliphatic hydroxyl groups excluding tert-OH is 2. The Hall–Kier alpha value is -2.83. The number of esters is 1. The van der Waals surface area contributed by atoms with Crippen LogP contribution in [0.2, 0.25) is 5.15 Å². The number of hydrogen-bond donors (Lipinski definition) is 4. The first-order valence-corrected chi connectivity index (χ1v) is 7.82. The summed E-state index contributed by atoms with van der Waals surface area (Å²) >= 11 is 5.96. The van der Waals surface area contributed by atoms with Crippen molar-refractivity contribution in [1.29, 1.82) is 0 Å². The van der Waals surface area contributed by atoms with Gasteiger partial charge in [0.1, 0.15) is 11.3 Å². The number of carbonyl (C=O) groups is 2. The zero-order valence-corrected chi connectivity index (χ0v) is 15.4. The fraction of sp³-hybridized carbons (Fsp3) is 0.429. The maximum absolute atomic E-state index is 12.2. The Kier molecular flexibility index (Phi) is 8.02. The number of rotatable bonds is 8. The van der Waals surface area contributed by atoms with E-state index in [2.05, 4.69) is 25.3 Å². The second-order valence-electron chi connectivity index (χ2n) is 5.18. The van der Waals surface area contributed by atoms with Gasteiger partial charge in [0.2, 0.25) is 11.7 Å². The fourth-order valence-electron chi connectivity index (χ4n) is 1.90. The van der Waals surface area contributed by atoms with Crippen molar-refractivity contribution in [3.63, 3.8) is 0 Å². The topological polar surface area (TPSA) is 177 Å². The molecule has 0 spiro atoms. The molecule has 1 unspecified atom stereocenters. The van der Waals surface area contributed by atoms with Gasteiger partial charge in [-0.1, -0.05) is 0 Å². The van der Waals surface area contributed by atoms with Gasteiger partial charge in [-0.25, -0.2) is 9.78 Å². The van der Waals surface area contributed by atoms with Crippen molar-refractivity contribution in [3.8, 4) is 0 Å². The highest BCUT2D eigenvalue weighted by Crippen LogP contribution is 2.30. The third-order valence-electron chi connectivity index (χ3n) is 3.12. The van der Waals surface area contributed by atoms with Crippen molar-refractivity contribution < 1.29 is 29.5 Å². The Morgan fingerprint density at radius 1 is 1.37 bits per heavy atom. The maximum atomic E-state index is 12.2. The monoisotopic (exact) mass is 403 g/mol. The largest absolute Gasteiger partial charge is 0.465 e. The van der Waals surface area contributed by atoms with Crippen LogP contribution in [0.4, 0.5) is 11.6 Å². The number of hydrogen-bond acceptors (Lipinski definition) is 10. The Bertz CT molecular complexity index is 783. The average Bonchev–Trinajstić information content (AvgIpc) is 2.60. The Labute approximate surface area is 158 Å². The van der Waals surface area contributed by atoms with Crippen molar-refractivity contribution in [2.45, 2.75) is 20.0 Å². The summed E-state index contributed by atoms with van der Waals surface area (Å²) in [6.45, 7) is 1.92. The Morgan fingerprint density at radius 3 is 2.48 bits per heavy atom. The highest BCUT2D eigenvalue weighted by atomic mass is 35.5. The lowest BCUT2D eigenvalue weighted by Crippen LogP contribution is -2.29. The lowest BCUT2D eigenvalue weighted by Gasteiger charge is -2.15. The van der Waals surface area contributed by atoms with Crippen LogP contribution in [0.15, 0.2) is 5.70 Å². The first kappa shape index (κ1) is 22.2. The Balaban J connectivity index is 3.55. The van der Waals surface area contributed by atoms with E-state index >= 15 is 0 Å². The molecule has 4 N–H and O–H groups in total. The van der Waals surface area contributed by atoms with Gasteiger partial charge in [0, 0.05) is 19.2 Å². The molecule has 148 valence electrons. The number of ether oxygens (including phenoxy) is 1. The van der Waals surface area contributed by atoms with Crippen LogP contribution >= 0.6 is 11.6 Å². The number of aliphatic hydroxyl groups is 2. The summed E-state index contributed by atoms with van der Waals surface area (Å²) in [4.78, 5) is 41.2. The van der Waals surface area contributed by atoms with Crippen molar-refractivity contribution in [2.75, 3.05) is 25.6 Å². The van der Waals surface area contributed by atoms with Crippen LogP contribution in [0, 0.1) is 10.1 Å². The van der Waals surface area contributed by atoms with E-state index in [1.165, 1.54) is 6.92 Å². The van der Waals surface area contributed by atoms with Crippen molar-refractivity contribution >= 4 is 40.7 Å². The second kappa shape index (κ2) is 9.75. The third-order valence-corrected chi connectivity index (χ3v) is 3.38. The number of nitrogens with zero attached hydrogens (tertiary/aromatic N) is 3. The van der Waals surface area contributed by atoms with Gasteiger partial charge in [-0.15, -0.1) is 0 Å². The number of methoxy groups -OCH3 is 1. The minimum atomic E-state index is -1.10. The van der Waals surface area contributed by atoms with Gasteiger partial charge in [0.25, 0.3) is 5.15 Å². The van der Waals surface area contributed by atoms with Crippen molar-refractivity contribution in [3.05, 3.63) is 26.7 Å². The molecule has 1 atom stereocenters. The van der Waals surface area contributed by atoms with E-state index in [1.54, 1.807) is 0 Å². The molecule has 0 saturated heterocycles. The molecular weight excluding hydrogens is 386 g/mol. The van der Waals surface area contributed by atoms with Gasteiger partial charge in [0.15, 0.2) is 0 Å². The lowest BCUT2D eigenvalue weighted by atomic mass is 10.1. The number of halogens is 1. The van der Waals surface area contributed by atoms with Gasteiger partial charge in [-0.05, 0) is 28.4 Å². The predicted molar refractivity (Wildman–Crippen MR) is 93.7 cm³/mol. The summed E-state index contributed by atoms with van der Waals surface area (Å²) in [5, 5.41) is 33.8. The number of nitro groups is 1. The molecule has 1 heterocycles. The van der Waals surface area contributed by atoms with Crippen LogP contribution in [0.3, 0.4) is 0 Å². The van der Waals surface area contributed by atoms with Crippen LogP contribution in [0.5, 0.6) is 0 Å². The van der Waals surface area contributed by atoms with Gasteiger partial charge in [0.05, 0.1) is 19.8 Å². The first-order chi connectivity index (χ1) is 12.6. The van der Waals surface area contributed by atoms with E-state index in [4.69, 9.17) is 16.7 Å². The summed E-state index contributed by atoms with van der Waals surface area (Å²) < 4.78 is 4.68. The number of anilines is 1. The number of allylic oxidation sites excluding steroid dienone is 1. The zero-order valence-electron chi connectivity index (χ0n) is 14.6. The van der Waals surface area contributed by atoms with E-state index in [0.717, 1.165) is 14.0 Å². The zero-order chi connectivity index (χ0) is 20.7. The van der Waals surface area contributed by atoms with E-state index < -0.39 is 46.3 Å². The third kappa shape index (κ3) is 5.84. The van der Waals surface area contributed by atoms with Gasteiger partial charge in [-0.2, -0.15) is 0 Å². The molecule has 0 fully saturated rings. The van der Waals surface area contributed by atoms with Gasteiger partial charge in [-0.3, -0.25) is 4.79 Å². The van der Waals surface area contributed by atoms with Crippen LogP contribution in [-0.4, -0.2) is 63.3 Å². The first-order valence-electron chi connectivity index (χ1n) is 7.44. The number of nitrogens with one attached hydrogen (secondary N) is 2. The summed E-state index contributed by atoms with van der Waals surface area (Å²) in [7, 11) is 1.10. The predicted octanol–water partition coefficient (Wildman–Crippen LogP) is -0.157. The minimum absolute atomic E-state index is 0.112. The molecule has 1 aromatic heterocycles. The van der Waals surface area contributed by atoms with Crippen LogP contribution in [0.25, 0.3) is 5.57 Å². The molecule has 1 rings (SSSR count). The molecule has 1 aromatic rings. The standard InChI is InChI=1S/C14H18ClN5O7/c1-6(16-4-8(23)5-21)9(14(24)27-3)10-11(15)19-13(20(25)26)12(18-10)17-7(2)22/h8,16,21,23H,4-5H2,1-3H3,(H,17,18,22)/b9-6-. The molecule has 27 heavy (non-hydrogen) atoms. The van der Waals surface area contributed by atoms with E-state index in [9.17, 15) is 24.8 Å². The molecule has 12 nitrogen and oxygen atoms in total. The molecule has 13 heteroatoms. The van der Waals surface area contributed by atoms with Gasteiger partial charge < -0.3 is 35.7 Å². The smallest absolute Gasteiger partial charge is 0.408 e. The Morgan fingerprint density at radius 2 is 2.00 bits per heavy atom. The van der Waals surface area contributed by atoms with Gasteiger partial charge >= 0.3 is 11.8 Å². The summed E-state index contributed by atoms with van der Waals surface area (Å²) in [6, 6.07) is 0. The summed E-state index contributed by atoms with van der Waals surface area (Å²) in [6.07, 6.45) is -1.10. The van der Waals surface area contributed by atoms with E-state index in [0.29, 0.717) is 0 Å². The molecule has 0 saturated carbocycles. The fourth-order valence-corrected chi connectivity index (χ4v) is 2.11. The number of carbonyl (C=O) groups excluding carboxylic acids is 2. The van der Waals surface area contributed by atoms with Crippen LogP contribution < -0.4 is 10.6 Å². The molecule has 0 radical (unpaired) electrons. The van der Waals surface area contributed by atoms with E-state index in [-0.39, 0.29) is 23.5 Å². The molecule has 0 aliphatic carbocycles. The van der Waals surface area contributed by atoms with Crippen LogP contribution in [-0.2, 0) is 14.3 Å². The second-order valence-corrected chi connectivity index (χ2v) is 5.54.